The average Bonchev–Trinajstić information content (AvgIpc) is 2.56. The van der Waals surface area contributed by atoms with Gasteiger partial charge in [-0.1, -0.05) is 72.8 Å². The minimum atomic E-state index is -0.496. The van der Waals surface area contributed by atoms with Crippen LogP contribution in [0, 0.1) is 0 Å². The lowest BCUT2D eigenvalue weighted by Crippen LogP contribution is -1.96. The molecular formula is C20H18O. The normalized spacial score (nSPS) is 12.1. The molecule has 3 aromatic rings. The van der Waals surface area contributed by atoms with E-state index in [9.17, 15) is 5.11 Å². The highest BCUT2D eigenvalue weighted by atomic mass is 16.3. The van der Waals surface area contributed by atoms with Crippen LogP contribution in [0.4, 0.5) is 0 Å². The van der Waals surface area contributed by atoms with Crippen LogP contribution < -0.4 is 0 Å². The zero-order valence-electron chi connectivity index (χ0n) is 12.0. The Morgan fingerprint density at radius 1 is 0.667 bits per heavy atom. The lowest BCUT2D eigenvalue weighted by molar-refractivity contribution is 0.200. The van der Waals surface area contributed by atoms with Crippen LogP contribution in [-0.4, -0.2) is 5.11 Å². The Morgan fingerprint density at radius 3 is 1.81 bits per heavy atom. The van der Waals surface area contributed by atoms with E-state index in [4.69, 9.17) is 0 Å². The summed E-state index contributed by atoms with van der Waals surface area (Å²) >= 11 is 0. The van der Waals surface area contributed by atoms with Crippen LogP contribution >= 0.6 is 0 Å². The van der Waals surface area contributed by atoms with Crippen molar-refractivity contribution in [2.45, 2.75) is 13.0 Å². The second kappa shape index (κ2) is 5.94. The van der Waals surface area contributed by atoms with Crippen molar-refractivity contribution in [3.8, 4) is 22.3 Å². The van der Waals surface area contributed by atoms with Gasteiger partial charge in [-0.05, 0) is 40.8 Å². The minimum Gasteiger partial charge on any atom is -0.389 e. The number of aliphatic hydroxyl groups excluding tert-OH is 1. The number of aliphatic hydroxyl groups is 1. The van der Waals surface area contributed by atoms with Crippen LogP contribution in [0.15, 0.2) is 78.9 Å². The Balaban J connectivity index is 2.12. The van der Waals surface area contributed by atoms with Gasteiger partial charge in [-0.15, -0.1) is 0 Å². The first kappa shape index (κ1) is 13.6. The van der Waals surface area contributed by atoms with Crippen molar-refractivity contribution in [3.05, 3.63) is 84.4 Å². The molecule has 1 atom stereocenters. The van der Waals surface area contributed by atoms with Gasteiger partial charge in [0.15, 0.2) is 0 Å². The summed E-state index contributed by atoms with van der Waals surface area (Å²) in [4.78, 5) is 0. The van der Waals surface area contributed by atoms with Gasteiger partial charge in [-0.25, -0.2) is 0 Å². The SMILES string of the molecule is C[C@H](O)c1cc(-c2ccccc2)ccc1-c1ccccc1. The van der Waals surface area contributed by atoms with Gasteiger partial charge in [0.1, 0.15) is 0 Å². The highest BCUT2D eigenvalue weighted by Crippen LogP contribution is 2.32. The molecule has 104 valence electrons. The third-order valence-corrected chi connectivity index (χ3v) is 3.69. The number of benzene rings is 3. The Kier molecular flexibility index (Phi) is 3.85. The van der Waals surface area contributed by atoms with Gasteiger partial charge in [-0.3, -0.25) is 0 Å². The zero-order valence-corrected chi connectivity index (χ0v) is 12.0. The summed E-state index contributed by atoms with van der Waals surface area (Å²) < 4.78 is 0. The van der Waals surface area contributed by atoms with Crippen molar-refractivity contribution in [2.24, 2.45) is 0 Å². The van der Waals surface area contributed by atoms with Crippen molar-refractivity contribution in [1.82, 2.24) is 0 Å². The lowest BCUT2D eigenvalue weighted by Gasteiger charge is -2.14. The molecule has 0 saturated carbocycles. The first-order valence-corrected chi connectivity index (χ1v) is 7.18. The van der Waals surface area contributed by atoms with Crippen LogP contribution in [0.2, 0.25) is 0 Å². The predicted octanol–water partition coefficient (Wildman–Crippen LogP) is 5.07. The fourth-order valence-corrected chi connectivity index (χ4v) is 2.60. The quantitative estimate of drug-likeness (QED) is 0.706. The molecule has 0 aliphatic carbocycles. The summed E-state index contributed by atoms with van der Waals surface area (Å²) in [6.45, 7) is 1.82. The van der Waals surface area contributed by atoms with Crippen LogP contribution in [0.3, 0.4) is 0 Å². The van der Waals surface area contributed by atoms with E-state index in [2.05, 4.69) is 42.5 Å². The van der Waals surface area contributed by atoms with Crippen molar-refractivity contribution >= 4 is 0 Å². The number of hydrogen-bond donors (Lipinski definition) is 1. The summed E-state index contributed by atoms with van der Waals surface area (Å²) in [6, 6.07) is 26.7. The molecular weight excluding hydrogens is 256 g/mol. The standard InChI is InChI=1S/C20H18O/c1-15(21)20-14-18(16-8-4-2-5-9-16)12-13-19(20)17-10-6-3-7-11-17/h2-15,21H,1H3/t15-/m0/s1. The summed E-state index contributed by atoms with van der Waals surface area (Å²) in [7, 11) is 0. The van der Waals surface area contributed by atoms with E-state index in [-0.39, 0.29) is 0 Å². The second-order valence-corrected chi connectivity index (χ2v) is 5.21. The molecule has 0 bridgehead atoms. The molecule has 3 aromatic carbocycles. The highest BCUT2D eigenvalue weighted by molar-refractivity contribution is 5.74. The maximum atomic E-state index is 10.1. The monoisotopic (exact) mass is 274 g/mol. The van der Waals surface area contributed by atoms with E-state index in [0.29, 0.717) is 0 Å². The van der Waals surface area contributed by atoms with E-state index in [0.717, 1.165) is 22.3 Å². The summed E-state index contributed by atoms with van der Waals surface area (Å²) in [5.41, 5.74) is 5.48. The molecule has 0 fully saturated rings. The van der Waals surface area contributed by atoms with E-state index in [1.165, 1.54) is 5.56 Å². The molecule has 21 heavy (non-hydrogen) atoms. The topological polar surface area (TPSA) is 20.2 Å². The summed E-state index contributed by atoms with van der Waals surface area (Å²) in [5.74, 6) is 0. The molecule has 0 unspecified atom stereocenters. The molecule has 1 nitrogen and oxygen atoms in total. The first-order chi connectivity index (χ1) is 10.3. The number of hydrogen-bond acceptors (Lipinski definition) is 1. The summed E-state index contributed by atoms with van der Waals surface area (Å²) in [6.07, 6.45) is -0.496. The zero-order chi connectivity index (χ0) is 14.7. The van der Waals surface area contributed by atoms with Gasteiger partial charge < -0.3 is 5.11 Å². The Morgan fingerprint density at radius 2 is 1.24 bits per heavy atom. The van der Waals surface area contributed by atoms with Crippen LogP contribution in [0.1, 0.15) is 18.6 Å². The predicted molar refractivity (Wildman–Crippen MR) is 87.9 cm³/mol. The molecule has 1 heteroatoms. The average molecular weight is 274 g/mol. The van der Waals surface area contributed by atoms with Crippen molar-refractivity contribution in [2.75, 3.05) is 0 Å². The van der Waals surface area contributed by atoms with E-state index in [1.54, 1.807) is 0 Å². The molecule has 0 saturated heterocycles. The van der Waals surface area contributed by atoms with Crippen LogP contribution in [-0.2, 0) is 0 Å². The molecule has 0 heterocycles. The van der Waals surface area contributed by atoms with Crippen LogP contribution in [0.25, 0.3) is 22.3 Å². The third kappa shape index (κ3) is 2.88. The van der Waals surface area contributed by atoms with Gasteiger partial charge in [-0.2, -0.15) is 0 Å². The number of rotatable bonds is 3. The van der Waals surface area contributed by atoms with E-state index >= 15 is 0 Å². The van der Waals surface area contributed by atoms with Gasteiger partial charge in [0, 0.05) is 0 Å². The minimum absolute atomic E-state index is 0.496. The molecule has 0 aliphatic heterocycles. The van der Waals surface area contributed by atoms with Crippen LogP contribution in [0.5, 0.6) is 0 Å². The van der Waals surface area contributed by atoms with E-state index in [1.807, 2.05) is 43.3 Å². The molecule has 0 aromatic heterocycles. The molecule has 0 radical (unpaired) electrons. The fourth-order valence-electron chi connectivity index (χ4n) is 2.60. The fraction of sp³-hybridized carbons (Fsp3) is 0.100. The molecule has 0 spiro atoms. The Hall–Kier alpha value is -2.38. The Labute approximate surface area is 125 Å². The van der Waals surface area contributed by atoms with Gasteiger partial charge >= 0.3 is 0 Å². The molecule has 3 rings (SSSR count). The summed E-state index contributed by atoms with van der Waals surface area (Å²) in [5, 5.41) is 10.1. The maximum Gasteiger partial charge on any atom is 0.0768 e. The Bertz CT molecular complexity index is 715. The van der Waals surface area contributed by atoms with Gasteiger partial charge in [0.05, 0.1) is 6.10 Å². The largest absolute Gasteiger partial charge is 0.389 e. The lowest BCUT2D eigenvalue weighted by atomic mass is 9.93. The van der Waals surface area contributed by atoms with Crippen molar-refractivity contribution in [3.63, 3.8) is 0 Å². The molecule has 1 N–H and O–H groups in total. The molecule has 0 aliphatic rings. The molecule has 0 amide bonds. The van der Waals surface area contributed by atoms with Crippen molar-refractivity contribution < 1.29 is 5.11 Å². The van der Waals surface area contributed by atoms with Crippen molar-refractivity contribution in [1.29, 1.82) is 0 Å². The smallest absolute Gasteiger partial charge is 0.0768 e. The maximum absolute atomic E-state index is 10.1. The van der Waals surface area contributed by atoms with E-state index < -0.39 is 6.10 Å². The van der Waals surface area contributed by atoms with Gasteiger partial charge in [0.2, 0.25) is 0 Å². The third-order valence-electron chi connectivity index (χ3n) is 3.69. The highest BCUT2D eigenvalue weighted by Gasteiger charge is 2.11. The second-order valence-electron chi connectivity index (χ2n) is 5.21. The van der Waals surface area contributed by atoms with Gasteiger partial charge in [0.25, 0.3) is 0 Å². The first-order valence-electron chi connectivity index (χ1n) is 7.18.